The summed E-state index contributed by atoms with van der Waals surface area (Å²) in [6.45, 7) is 1.95. The molecule has 2 rings (SSSR count). The highest BCUT2D eigenvalue weighted by molar-refractivity contribution is 6.31. The summed E-state index contributed by atoms with van der Waals surface area (Å²) in [7, 11) is 1.74. The van der Waals surface area contributed by atoms with Crippen molar-refractivity contribution in [2.75, 3.05) is 0 Å². The van der Waals surface area contributed by atoms with Gasteiger partial charge in [0.1, 0.15) is 11.8 Å². The van der Waals surface area contributed by atoms with Crippen LogP contribution >= 0.6 is 23.2 Å². The zero-order valence-electron chi connectivity index (χ0n) is 11.6. The third-order valence-electron chi connectivity index (χ3n) is 2.91. The van der Waals surface area contributed by atoms with Gasteiger partial charge in [0.2, 0.25) is 0 Å². The van der Waals surface area contributed by atoms with Gasteiger partial charge in [0.15, 0.2) is 0 Å². The summed E-state index contributed by atoms with van der Waals surface area (Å²) in [4.78, 5) is 11.7. The van der Waals surface area contributed by atoms with E-state index in [1.807, 2.05) is 25.1 Å². The fourth-order valence-electron chi connectivity index (χ4n) is 1.80. The predicted molar refractivity (Wildman–Crippen MR) is 83.2 cm³/mol. The molecule has 0 aliphatic rings. The van der Waals surface area contributed by atoms with Gasteiger partial charge >= 0.3 is 5.97 Å². The Kier molecular flexibility index (Phi) is 5.04. The van der Waals surface area contributed by atoms with Gasteiger partial charge in [-0.15, -0.1) is 0 Å². The number of hydrogen-bond acceptors (Lipinski definition) is 3. The molecule has 1 heterocycles. The van der Waals surface area contributed by atoms with Gasteiger partial charge in [0.25, 0.3) is 0 Å². The minimum atomic E-state index is -0.464. The fourth-order valence-corrected chi connectivity index (χ4v) is 2.23. The van der Waals surface area contributed by atoms with E-state index in [2.05, 4.69) is 5.10 Å². The lowest BCUT2D eigenvalue weighted by Gasteiger charge is -2.03. The third-order valence-corrected chi connectivity index (χ3v) is 3.73. The molecule has 0 saturated heterocycles. The number of esters is 1. The predicted octanol–water partition coefficient (Wildman–Crippen LogP) is 3.79. The number of halogens is 2. The Morgan fingerprint density at radius 2 is 2.10 bits per heavy atom. The first kappa shape index (κ1) is 15.6. The second kappa shape index (κ2) is 6.78. The van der Waals surface area contributed by atoms with Crippen molar-refractivity contribution < 1.29 is 9.53 Å². The summed E-state index contributed by atoms with van der Waals surface area (Å²) in [5.74, 6) is -0.464. The molecule has 0 bridgehead atoms. The maximum Gasteiger partial charge on any atom is 0.331 e. The van der Waals surface area contributed by atoms with Crippen molar-refractivity contribution in [1.82, 2.24) is 9.78 Å². The lowest BCUT2D eigenvalue weighted by molar-refractivity contribution is -0.138. The fraction of sp³-hybridized carbons (Fsp3) is 0.200. The number of aromatic nitrogens is 2. The molecule has 0 atom stereocenters. The Morgan fingerprint density at radius 1 is 1.38 bits per heavy atom. The smallest absolute Gasteiger partial charge is 0.331 e. The van der Waals surface area contributed by atoms with E-state index in [-0.39, 0.29) is 6.61 Å². The van der Waals surface area contributed by atoms with Crippen molar-refractivity contribution >= 4 is 35.2 Å². The molecule has 1 aromatic carbocycles. The van der Waals surface area contributed by atoms with Crippen LogP contribution in [0.1, 0.15) is 16.8 Å². The summed E-state index contributed by atoms with van der Waals surface area (Å²) in [5, 5.41) is 5.20. The largest absolute Gasteiger partial charge is 0.458 e. The van der Waals surface area contributed by atoms with Gasteiger partial charge in [0, 0.05) is 29.3 Å². The van der Waals surface area contributed by atoms with Crippen LogP contribution in [-0.4, -0.2) is 15.7 Å². The van der Waals surface area contributed by atoms with Crippen molar-refractivity contribution in [3.63, 3.8) is 0 Å². The average molecular weight is 325 g/mol. The highest BCUT2D eigenvalue weighted by Gasteiger charge is 2.09. The summed E-state index contributed by atoms with van der Waals surface area (Å²) in [6, 6.07) is 7.21. The maximum atomic E-state index is 11.7. The standard InChI is InChI=1S/C15H14Cl2N2O2/c1-10-12(15(17)19(2)18-10)7-8-14(20)21-9-11-5-3-4-6-13(11)16/h3-8H,9H2,1-2H3/b8-7+. The Balaban J connectivity index is 1.99. The lowest BCUT2D eigenvalue weighted by Crippen LogP contribution is -2.01. The van der Waals surface area contributed by atoms with Crippen molar-refractivity contribution in [2.45, 2.75) is 13.5 Å². The van der Waals surface area contributed by atoms with Crippen molar-refractivity contribution in [1.29, 1.82) is 0 Å². The first-order valence-corrected chi connectivity index (χ1v) is 7.02. The Morgan fingerprint density at radius 3 is 2.71 bits per heavy atom. The van der Waals surface area contributed by atoms with Crippen molar-refractivity contribution in [3.8, 4) is 0 Å². The molecule has 0 aliphatic heterocycles. The van der Waals surface area contributed by atoms with E-state index >= 15 is 0 Å². The minimum absolute atomic E-state index is 0.128. The monoisotopic (exact) mass is 324 g/mol. The third kappa shape index (κ3) is 3.86. The molecule has 6 heteroatoms. The van der Waals surface area contributed by atoms with Gasteiger partial charge in [-0.2, -0.15) is 5.10 Å². The van der Waals surface area contributed by atoms with E-state index in [4.69, 9.17) is 27.9 Å². The molecular weight excluding hydrogens is 311 g/mol. The first-order valence-electron chi connectivity index (χ1n) is 6.26. The molecule has 2 aromatic rings. The van der Waals surface area contributed by atoms with Gasteiger partial charge in [-0.1, -0.05) is 41.4 Å². The van der Waals surface area contributed by atoms with Crippen LogP contribution in [0.25, 0.3) is 6.08 Å². The number of rotatable bonds is 4. The molecule has 0 spiro atoms. The van der Waals surface area contributed by atoms with Crippen LogP contribution in [0.15, 0.2) is 30.3 Å². The molecule has 0 N–H and O–H groups in total. The van der Waals surface area contributed by atoms with Gasteiger partial charge in [-0.25, -0.2) is 4.79 Å². The van der Waals surface area contributed by atoms with E-state index < -0.39 is 5.97 Å². The van der Waals surface area contributed by atoms with Crippen LogP contribution in [0.4, 0.5) is 0 Å². The molecule has 0 aliphatic carbocycles. The summed E-state index contributed by atoms with van der Waals surface area (Å²) in [5.41, 5.74) is 2.21. The first-order chi connectivity index (χ1) is 9.99. The molecule has 0 amide bonds. The van der Waals surface area contributed by atoms with Gasteiger partial charge in [-0.3, -0.25) is 4.68 Å². The maximum absolute atomic E-state index is 11.7. The van der Waals surface area contributed by atoms with Gasteiger partial charge in [0.05, 0.1) is 5.69 Å². The molecule has 0 radical (unpaired) electrons. The summed E-state index contributed by atoms with van der Waals surface area (Å²) < 4.78 is 6.68. The number of aryl methyl sites for hydroxylation is 2. The molecular formula is C15H14Cl2N2O2. The van der Waals surface area contributed by atoms with Crippen molar-refractivity contribution in [2.24, 2.45) is 7.05 Å². The van der Waals surface area contributed by atoms with Crippen LogP contribution in [0.3, 0.4) is 0 Å². The van der Waals surface area contributed by atoms with Crippen LogP contribution < -0.4 is 0 Å². The molecule has 1 aromatic heterocycles. The quantitative estimate of drug-likeness (QED) is 0.634. The van der Waals surface area contributed by atoms with Crippen molar-refractivity contribution in [3.05, 3.63) is 57.3 Å². The number of hydrogen-bond donors (Lipinski definition) is 0. The number of carbonyl (C=O) groups excluding carboxylic acids is 1. The van der Waals surface area contributed by atoms with Crippen LogP contribution in [0, 0.1) is 6.92 Å². The van der Waals surface area contributed by atoms with E-state index in [0.717, 1.165) is 11.3 Å². The normalized spacial score (nSPS) is 11.0. The van der Waals surface area contributed by atoms with Crippen LogP contribution in [0.2, 0.25) is 10.2 Å². The zero-order valence-corrected chi connectivity index (χ0v) is 13.1. The molecule has 110 valence electrons. The average Bonchev–Trinajstić information content (AvgIpc) is 2.69. The van der Waals surface area contributed by atoms with E-state index in [1.54, 1.807) is 23.9 Å². The molecule has 0 fully saturated rings. The van der Waals surface area contributed by atoms with Gasteiger partial charge in [-0.05, 0) is 19.1 Å². The van der Waals surface area contributed by atoms with E-state index in [0.29, 0.717) is 15.7 Å². The Hall–Kier alpha value is -1.78. The van der Waals surface area contributed by atoms with E-state index in [1.165, 1.54) is 6.08 Å². The molecule has 21 heavy (non-hydrogen) atoms. The second-order valence-electron chi connectivity index (χ2n) is 4.45. The topological polar surface area (TPSA) is 44.1 Å². The SMILES string of the molecule is Cc1nn(C)c(Cl)c1/C=C/C(=O)OCc1ccccc1Cl. The van der Waals surface area contributed by atoms with Crippen LogP contribution in [-0.2, 0) is 23.2 Å². The second-order valence-corrected chi connectivity index (χ2v) is 5.21. The van der Waals surface area contributed by atoms with E-state index in [9.17, 15) is 4.79 Å². The van der Waals surface area contributed by atoms with Crippen LogP contribution in [0.5, 0.6) is 0 Å². The number of carbonyl (C=O) groups is 1. The number of ether oxygens (including phenoxy) is 1. The highest BCUT2D eigenvalue weighted by atomic mass is 35.5. The Labute approximate surface area is 132 Å². The number of nitrogens with zero attached hydrogens (tertiary/aromatic N) is 2. The molecule has 0 unspecified atom stereocenters. The molecule has 0 saturated carbocycles. The number of benzene rings is 1. The van der Waals surface area contributed by atoms with Gasteiger partial charge < -0.3 is 4.74 Å². The minimum Gasteiger partial charge on any atom is -0.458 e. The lowest BCUT2D eigenvalue weighted by atomic mass is 10.2. The summed E-state index contributed by atoms with van der Waals surface area (Å²) >= 11 is 12.1. The summed E-state index contributed by atoms with van der Waals surface area (Å²) in [6.07, 6.45) is 2.92. The Bertz CT molecular complexity index is 693. The molecule has 4 nitrogen and oxygen atoms in total. The zero-order chi connectivity index (χ0) is 15.4. The highest BCUT2D eigenvalue weighted by Crippen LogP contribution is 2.20.